The summed E-state index contributed by atoms with van der Waals surface area (Å²) in [4.78, 5) is 15.6. The molecule has 3 fully saturated rings. The van der Waals surface area contributed by atoms with Gasteiger partial charge < -0.3 is 14.8 Å². The van der Waals surface area contributed by atoms with Gasteiger partial charge in [0.25, 0.3) is 5.91 Å². The van der Waals surface area contributed by atoms with Crippen LogP contribution in [0.15, 0.2) is 6.07 Å². The molecule has 1 N–H and O–H groups in total. The number of nitrogens with one attached hydrogen (secondary N) is 1. The fourth-order valence-corrected chi connectivity index (χ4v) is 5.99. The fourth-order valence-electron chi connectivity index (χ4n) is 5.99. The summed E-state index contributed by atoms with van der Waals surface area (Å²) in [6, 6.07) is 3.05. The molecular formula is C24H39N3O. The molecule has 0 bridgehead atoms. The lowest BCUT2D eigenvalue weighted by Crippen LogP contribution is -2.45. The lowest BCUT2D eigenvalue weighted by molar-refractivity contribution is 0.0905. The third-order valence-corrected chi connectivity index (χ3v) is 7.58. The molecule has 4 heteroatoms. The number of aryl methyl sites for hydroxylation is 1. The number of aromatic nitrogens is 1. The summed E-state index contributed by atoms with van der Waals surface area (Å²) in [5.41, 5.74) is 3.32. The zero-order valence-corrected chi connectivity index (χ0v) is 18.0. The Morgan fingerprint density at radius 2 is 1.61 bits per heavy atom. The minimum Gasteiger partial charge on any atom is -0.349 e. The lowest BCUT2D eigenvalue weighted by Gasteiger charge is -2.33. The minimum atomic E-state index is 0.143. The van der Waals surface area contributed by atoms with Gasteiger partial charge in [0.05, 0.1) is 5.56 Å². The van der Waals surface area contributed by atoms with E-state index in [0.29, 0.717) is 12.1 Å². The zero-order valence-electron chi connectivity index (χ0n) is 18.0. The van der Waals surface area contributed by atoms with Crippen molar-refractivity contribution < 1.29 is 4.79 Å². The maximum Gasteiger partial charge on any atom is 0.253 e. The molecule has 2 heterocycles. The highest BCUT2D eigenvalue weighted by atomic mass is 16.1. The average Bonchev–Trinajstić information content (AvgIpc) is 3.31. The normalized spacial score (nSPS) is 23.4. The molecule has 1 aromatic rings. The summed E-state index contributed by atoms with van der Waals surface area (Å²) in [7, 11) is 0. The van der Waals surface area contributed by atoms with Crippen molar-refractivity contribution in [1.29, 1.82) is 0 Å². The van der Waals surface area contributed by atoms with Crippen LogP contribution in [0, 0.1) is 19.8 Å². The lowest BCUT2D eigenvalue weighted by atomic mass is 9.95. The Hall–Kier alpha value is -1.29. The fraction of sp³-hybridized carbons (Fsp3) is 0.792. The molecule has 0 aromatic carbocycles. The van der Waals surface area contributed by atoms with Gasteiger partial charge in [-0.2, -0.15) is 0 Å². The molecule has 3 aliphatic rings. The summed E-state index contributed by atoms with van der Waals surface area (Å²) < 4.78 is 2.44. The van der Waals surface area contributed by atoms with Gasteiger partial charge in [-0.3, -0.25) is 4.79 Å². The molecule has 28 heavy (non-hydrogen) atoms. The second kappa shape index (κ2) is 9.02. The first-order valence-corrected chi connectivity index (χ1v) is 11.8. The number of piperidine rings is 1. The standard InChI is InChI=1S/C24H39N3O/c1-18-16-23(19(2)27(18)22-10-4-3-5-11-22)24(28)25-21-12-14-26(15-13-21)17-20-8-6-7-9-20/h16,20-22H,3-15,17H2,1-2H3,(H,25,28). The van der Waals surface area contributed by atoms with Crippen molar-refractivity contribution in [3.05, 3.63) is 23.0 Å². The number of hydrogen-bond donors (Lipinski definition) is 1. The van der Waals surface area contributed by atoms with E-state index < -0.39 is 0 Å². The number of carbonyl (C=O) groups excluding carboxylic acids is 1. The Morgan fingerprint density at radius 3 is 2.29 bits per heavy atom. The summed E-state index contributed by atoms with van der Waals surface area (Å²) in [6.45, 7) is 7.87. The number of hydrogen-bond acceptors (Lipinski definition) is 2. The smallest absolute Gasteiger partial charge is 0.253 e. The van der Waals surface area contributed by atoms with Crippen LogP contribution in [0.1, 0.15) is 98.4 Å². The zero-order chi connectivity index (χ0) is 19.5. The Kier molecular flexibility index (Phi) is 6.45. The third kappa shape index (κ3) is 4.48. The van der Waals surface area contributed by atoms with Gasteiger partial charge >= 0.3 is 0 Å². The topological polar surface area (TPSA) is 37.3 Å². The monoisotopic (exact) mass is 385 g/mol. The summed E-state index contributed by atoms with van der Waals surface area (Å²) in [5.74, 6) is 1.07. The molecule has 0 unspecified atom stereocenters. The third-order valence-electron chi connectivity index (χ3n) is 7.58. The molecule has 1 aliphatic heterocycles. The summed E-state index contributed by atoms with van der Waals surface area (Å²) in [6.07, 6.45) is 14.4. The van der Waals surface area contributed by atoms with Crippen LogP contribution in [0.4, 0.5) is 0 Å². The molecule has 4 rings (SSSR count). The molecule has 0 atom stereocenters. The predicted octanol–water partition coefficient (Wildman–Crippen LogP) is 4.99. The number of amides is 1. The molecule has 1 amide bonds. The van der Waals surface area contributed by atoms with Gasteiger partial charge in [-0.25, -0.2) is 0 Å². The summed E-state index contributed by atoms with van der Waals surface area (Å²) in [5, 5.41) is 3.35. The maximum atomic E-state index is 13.0. The van der Waals surface area contributed by atoms with Crippen LogP contribution in [-0.4, -0.2) is 41.1 Å². The Bertz CT molecular complexity index is 660. The van der Waals surface area contributed by atoms with Crippen molar-refractivity contribution >= 4 is 5.91 Å². The first-order valence-electron chi connectivity index (χ1n) is 11.8. The second-order valence-electron chi connectivity index (χ2n) is 9.65. The molecule has 156 valence electrons. The van der Waals surface area contributed by atoms with E-state index in [1.54, 1.807) is 0 Å². The summed E-state index contributed by atoms with van der Waals surface area (Å²) >= 11 is 0. The molecule has 2 saturated carbocycles. The van der Waals surface area contributed by atoms with Crippen molar-refractivity contribution in [2.75, 3.05) is 19.6 Å². The highest BCUT2D eigenvalue weighted by molar-refractivity contribution is 5.95. The van der Waals surface area contributed by atoms with E-state index >= 15 is 0 Å². The predicted molar refractivity (Wildman–Crippen MR) is 115 cm³/mol. The van der Waals surface area contributed by atoms with Gasteiger partial charge in [-0.15, -0.1) is 0 Å². The van der Waals surface area contributed by atoms with Crippen LogP contribution in [0.25, 0.3) is 0 Å². The molecule has 0 spiro atoms. The molecule has 0 radical (unpaired) electrons. The highest BCUT2D eigenvalue weighted by Gasteiger charge is 2.27. The van der Waals surface area contributed by atoms with E-state index in [0.717, 1.165) is 37.4 Å². The van der Waals surface area contributed by atoms with Crippen molar-refractivity contribution in [2.45, 2.75) is 96.6 Å². The van der Waals surface area contributed by atoms with Gasteiger partial charge in [-0.1, -0.05) is 32.1 Å². The Labute approximate surface area is 171 Å². The second-order valence-corrected chi connectivity index (χ2v) is 9.65. The first-order chi connectivity index (χ1) is 13.6. The first kappa shape index (κ1) is 20.0. The molecule has 4 nitrogen and oxygen atoms in total. The van der Waals surface area contributed by atoms with E-state index in [4.69, 9.17) is 0 Å². The van der Waals surface area contributed by atoms with Crippen LogP contribution in [0.2, 0.25) is 0 Å². The number of rotatable bonds is 5. The average molecular weight is 386 g/mol. The van der Waals surface area contributed by atoms with Crippen LogP contribution in [0.5, 0.6) is 0 Å². The van der Waals surface area contributed by atoms with Gasteiger partial charge in [0, 0.05) is 43.1 Å². The van der Waals surface area contributed by atoms with E-state index in [-0.39, 0.29) is 5.91 Å². The quantitative estimate of drug-likeness (QED) is 0.775. The number of carbonyl (C=O) groups is 1. The molecular weight excluding hydrogens is 346 g/mol. The number of likely N-dealkylation sites (tertiary alicyclic amines) is 1. The SMILES string of the molecule is Cc1cc(C(=O)NC2CCN(CC3CCCC3)CC2)c(C)n1C1CCCCC1. The van der Waals surface area contributed by atoms with Crippen LogP contribution < -0.4 is 5.32 Å². The Balaban J connectivity index is 1.31. The molecule has 1 aromatic heterocycles. The van der Waals surface area contributed by atoms with Crippen molar-refractivity contribution in [3.63, 3.8) is 0 Å². The van der Waals surface area contributed by atoms with Gasteiger partial charge in [0.1, 0.15) is 0 Å². The van der Waals surface area contributed by atoms with Crippen molar-refractivity contribution in [3.8, 4) is 0 Å². The van der Waals surface area contributed by atoms with Gasteiger partial charge in [0.15, 0.2) is 0 Å². The van der Waals surface area contributed by atoms with Crippen LogP contribution in [0.3, 0.4) is 0 Å². The largest absolute Gasteiger partial charge is 0.349 e. The van der Waals surface area contributed by atoms with Gasteiger partial charge in [0.2, 0.25) is 0 Å². The van der Waals surface area contributed by atoms with Crippen LogP contribution in [-0.2, 0) is 0 Å². The van der Waals surface area contributed by atoms with E-state index in [1.807, 2.05) is 0 Å². The van der Waals surface area contributed by atoms with E-state index in [2.05, 4.69) is 34.7 Å². The van der Waals surface area contributed by atoms with E-state index in [1.165, 1.54) is 75.7 Å². The molecule has 2 aliphatic carbocycles. The van der Waals surface area contributed by atoms with Crippen molar-refractivity contribution in [2.24, 2.45) is 5.92 Å². The number of nitrogens with zero attached hydrogens (tertiary/aromatic N) is 2. The minimum absolute atomic E-state index is 0.143. The van der Waals surface area contributed by atoms with E-state index in [9.17, 15) is 4.79 Å². The highest BCUT2D eigenvalue weighted by Crippen LogP contribution is 2.32. The Morgan fingerprint density at radius 1 is 0.964 bits per heavy atom. The maximum absolute atomic E-state index is 13.0. The van der Waals surface area contributed by atoms with Gasteiger partial charge in [-0.05, 0) is 64.4 Å². The van der Waals surface area contributed by atoms with Crippen molar-refractivity contribution in [1.82, 2.24) is 14.8 Å². The van der Waals surface area contributed by atoms with Crippen LogP contribution >= 0.6 is 0 Å². The molecule has 1 saturated heterocycles.